The van der Waals surface area contributed by atoms with Crippen molar-refractivity contribution in [3.63, 3.8) is 0 Å². The van der Waals surface area contributed by atoms with Crippen molar-refractivity contribution in [2.75, 3.05) is 26.4 Å². The van der Waals surface area contributed by atoms with Crippen LogP contribution in [0.4, 0.5) is 4.79 Å². The third kappa shape index (κ3) is 5.78. The average molecular weight is 321 g/mol. The quantitative estimate of drug-likeness (QED) is 0.686. The molecule has 3 N–H and O–H groups in total. The molecule has 1 fully saturated rings. The Hall–Kier alpha value is -2.28. The first kappa shape index (κ1) is 17.1. The predicted molar refractivity (Wildman–Crippen MR) is 85.4 cm³/mol. The van der Waals surface area contributed by atoms with Gasteiger partial charge in [-0.05, 0) is 57.1 Å². The zero-order chi connectivity index (χ0) is 16.5. The van der Waals surface area contributed by atoms with Crippen LogP contribution in [0.3, 0.4) is 0 Å². The van der Waals surface area contributed by atoms with Crippen molar-refractivity contribution >= 4 is 11.9 Å². The Labute approximate surface area is 135 Å². The van der Waals surface area contributed by atoms with Crippen molar-refractivity contribution < 1.29 is 19.1 Å². The topological polar surface area (TPSA) is 88.7 Å². The number of imide groups is 1. The largest absolute Gasteiger partial charge is 0.494 e. The number of hydrogen-bond donors (Lipinski definition) is 3. The van der Waals surface area contributed by atoms with Gasteiger partial charge in [0, 0.05) is 5.92 Å². The molecule has 7 nitrogen and oxygen atoms in total. The highest BCUT2D eigenvalue weighted by Gasteiger charge is 2.22. The summed E-state index contributed by atoms with van der Waals surface area (Å²) < 4.78 is 10.7. The maximum absolute atomic E-state index is 11.9. The number of benzene rings is 1. The predicted octanol–water partition coefficient (Wildman–Crippen LogP) is 1.25. The van der Waals surface area contributed by atoms with Crippen molar-refractivity contribution in [1.29, 1.82) is 0 Å². The number of ether oxygens (including phenoxy) is 2. The summed E-state index contributed by atoms with van der Waals surface area (Å²) in [5.41, 5.74) is 0. The Balaban J connectivity index is 1.66. The molecule has 3 amide bonds. The standard InChI is InChI=1S/C16H23N3O4/c1-2-22-13-3-5-14(6-4-13)23-11-18-16(21)19-15(20)12-7-9-17-10-8-12/h3-6,12,17H,2,7-11H2,1H3,(H2,18,19,20,21). The first-order chi connectivity index (χ1) is 11.2. The number of hydrogen-bond acceptors (Lipinski definition) is 5. The molecule has 0 aromatic heterocycles. The molecule has 1 aromatic rings. The van der Waals surface area contributed by atoms with Crippen molar-refractivity contribution in [1.82, 2.24) is 16.0 Å². The summed E-state index contributed by atoms with van der Waals surface area (Å²) in [5.74, 6) is 1.04. The summed E-state index contributed by atoms with van der Waals surface area (Å²) in [6.45, 7) is 4.12. The second-order valence-electron chi connectivity index (χ2n) is 5.21. The molecule has 0 radical (unpaired) electrons. The van der Waals surface area contributed by atoms with E-state index in [1.807, 2.05) is 6.92 Å². The van der Waals surface area contributed by atoms with Gasteiger partial charge in [-0.1, -0.05) is 0 Å². The molecule has 0 spiro atoms. The SMILES string of the molecule is CCOc1ccc(OCNC(=O)NC(=O)C2CCNCC2)cc1. The van der Waals surface area contributed by atoms with Crippen LogP contribution in [-0.2, 0) is 4.79 Å². The van der Waals surface area contributed by atoms with E-state index in [-0.39, 0.29) is 18.6 Å². The second kappa shape index (κ2) is 8.99. The lowest BCUT2D eigenvalue weighted by Crippen LogP contribution is -2.45. The summed E-state index contributed by atoms with van der Waals surface area (Å²) in [6, 6.07) is 6.55. The Bertz CT molecular complexity index is 513. The van der Waals surface area contributed by atoms with E-state index in [9.17, 15) is 9.59 Å². The molecule has 0 atom stereocenters. The number of rotatable bonds is 6. The zero-order valence-corrected chi connectivity index (χ0v) is 13.3. The normalized spacial score (nSPS) is 14.8. The van der Waals surface area contributed by atoms with Crippen LogP contribution < -0.4 is 25.4 Å². The van der Waals surface area contributed by atoms with Gasteiger partial charge in [0.2, 0.25) is 5.91 Å². The molecule has 7 heteroatoms. The summed E-state index contributed by atoms with van der Waals surface area (Å²) in [4.78, 5) is 23.6. The van der Waals surface area contributed by atoms with Gasteiger partial charge in [-0.25, -0.2) is 4.79 Å². The molecule has 1 aliphatic rings. The number of urea groups is 1. The van der Waals surface area contributed by atoms with E-state index in [1.54, 1.807) is 24.3 Å². The third-order valence-electron chi connectivity index (χ3n) is 3.55. The number of nitrogens with one attached hydrogen (secondary N) is 3. The Morgan fingerprint density at radius 2 is 1.74 bits per heavy atom. The van der Waals surface area contributed by atoms with Crippen LogP contribution in [0.2, 0.25) is 0 Å². The lowest BCUT2D eigenvalue weighted by Gasteiger charge is -2.21. The highest BCUT2D eigenvalue weighted by molar-refractivity contribution is 5.95. The lowest BCUT2D eigenvalue weighted by molar-refractivity contribution is -0.124. The molecule has 126 valence electrons. The van der Waals surface area contributed by atoms with Gasteiger partial charge in [-0.3, -0.25) is 10.1 Å². The summed E-state index contributed by atoms with van der Waals surface area (Å²) in [6.07, 6.45) is 1.50. The molecule has 0 aliphatic carbocycles. The van der Waals surface area contributed by atoms with E-state index in [0.717, 1.165) is 31.7 Å². The van der Waals surface area contributed by atoms with Crippen LogP contribution in [-0.4, -0.2) is 38.4 Å². The highest BCUT2D eigenvalue weighted by atomic mass is 16.5. The highest BCUT2D eigenvalue weighted by Crippen LogP contribution is 2.17. The van der Waals surface area contributed by atoms with Gasteiger partial charge in [0.05, 0.1) is 6.61 Å². The fraction of sp³-hybridized carbons (Fsp3) is 0.500. The van der Waals surface area contributed by atoms with Gasteiger partial charge in [-0.2, -0.15) is 0 Å². The first-order valence-electron chi connectivity index (χ1n) is 7.84. The molecular weight excluding hydrogens is 298 g/mol. The van der Waals surface area contributed by atoms with Crippen LogP contribution in [0.15, 0.2) is 24.3 Å². The zero-order valence-electron chi connectivity index (χ0n) is 13.3. The Kier molecular flexibility index (Phi) is 6.68. The third-order valence-corrected chi connectivity index (χ3v) is 3.55. The molecule has 23 heavy (non-hydrogen) atoms. The van der Waals surface area contributed by atoms with Gasteiger partial charge < -0.3 is 20.1 Å². The van der Waals surface area contributed by atoms with Crippen LogP contribution >= 0.6 is 0 Å². The summed E-state index contributed by atoms with van der Waals surface area (Å²) >= 11 is 0. The molecule has 1 aliphatic heterocycles. The van der Waals surface area contributed by atoms with Crippen molar-refractivity contribution in [3.8, 4) is 11.5 Å². The molecule has 2 rings (SSSR count). The number of carbonyl (C=O) groups excluding carboxylic acids is 2. The molecular formula is C16H23N3O4. The molecule has 1 aromatic carbocycles. The molecule has 0 bridgehead atoms. The fourth-order valence-corrected chi connectivity index (χ4v) is 2.33. The van der Waals surface area contributed by atoms with E-state index in [4.69, 9.17) is 9.47 Å². The molecule has 0 saturated carbocycles. The van der Waals surface area contributed by atoms with Crippen LogP contribution in [0.25, 0.3) is 0 Å². The molecule has 1 saturated heterocycles. The second-order valence-corrected chi connectivity index (χ2v) is 5.21. The van der Waals surface area contributed by atoms with Crippen molar-refractivity contribution in [2.45, 2.75) is 19.8 Å². The van der Waals surface area contributed by atoms with Crippen molar-refractivity contribution in [3.05, 3.63) is 24.3 Å². The first-order valence-corrected chi connectivity index (χ1v) is 7.84. The van der Waals surface area contributed by atoms with Crippen molar-refractivity contribution in [2.24, 2.45) is 5.92 Å². The van der Waals surface area contributed by atoms with Gasteiger partial charge in [0.25, 0.3) is 0 Å². The minimum absolute atomic E-state index is 0.0146. The van der Waals surface area contributed by atoms with Gasteiger partial charge in [0.1, 0.15) is 11.5 Å². The lowest BCUT2D eigenvalue weighted by atomic mass is 9.97. The van der Waals surface area contributed by atoms with E-state index < -0.39 is 6.03 Å². The van der Waals surface area contributed by atoms with Crippen LogP contribution in [0.5, 0.6) is 11.5 Å². The number of piperidine rings is 1. The minimum Gasteiger partial charge on any atom is -0.494 e. The Morgan fingerprint density at radius 1 is 1.13 bits per heavy atom. The van der Waals surface area contributed by atoms with E-state index in [2.05, 4.69) is 16.0 Å². The van der Waals surface area contributed by atoms with E-state index in [1.165, 1.54) is 0 Å². The maximum atomic E-state index is 11.9. The monoisotopic (exact) mass is 321 g/mol. The number of carbonyl (C=O) groups is 2. The summed E-state index contributed by atoms with van der Waals surface area (Å²) in [7, 11) is 0. The average Bonchev–Trinajstić information content (AvgIpc) is 2.57. The molecule has 0 unspecified atom stereocenters. The smallest absolute Gasteiger partial charge is 0.324 e. The van der Waals surface area contributed by atoms with Gasteiger partial charge >= 0.3 is 6.03 Å². The Morgan fingerprint density at radius 3 is 2.35 bits per heavy atom. The fourth-order valence-electron chi connectivity index (χ4n) is 2.33. The van der Waals surface area contributed by atoms with E-state index in [0.29, 0.717) is 12.4 Å². The van der Waals surface area contributed by atoms with Crippen LogP contribution in [0, 0.1) is 5.92 Å². The van der Waals surface area contributed by atoms with E-state index >= 15 is 0 Å². The number of amides is 3. The van der Waals surface area contributed by atoms with Gasteiger partial charge in [0.15, 0.2) is 6.73 Å². The van der Waals surface area contributed by atoms with Gasteiger partial charge in [-0.15, -0.1) is 0 Å². The minimum atomic E-state index is -0.542. The summed E-state index contributed by atoms with van der Waals surface area (Å²) in [5, 5.41) is 8.02. The molecule has 1 heterocycles. The maximum Gasteiger partial charge on any atom is 0.324 e. The van der Waals surface area contributed by atoms with Crippen LogP contribution in [0.1, 0.15) is 19.8 Å².